The molecule has 1 fully saturated rings. The summed E-state index contributed by atoms with van der Waals surface area (Å²) in [7, 11) is 0. The van der Waals surface area contributed by atoms with E-state index in [1.165, 1.54) is 0 Å². The lowest BCUT2D eigenvalue weighted by Crippen LogP contribution is -2.39. The fourth-order valence-electron chi connectivity index (χ4n) is 2.18. The zero-order chi connectivity index (χ0) is 12.8. The lowest BCUT2D eigenvalue weighted by atomic mass is 9.93. The number of piperidine rings is 1. The summed E-state index contributed by atoms with van der Waals surface area (Å²) in [6.07, 6.45) is 3.47. The number of amides is 2. The number of likely N-dealkylation sites (tertiary alicyclic amines) is 1. The Morgan fingerprint density at radius 1 is 1.35 bits per heavy atom. The van der Waals surface area contributed by atoms with E-state index in [9.17, 15) is 9.59 Å². The van der Waals surface area contributed by atoms with Gasteiger partial charge in [-0.05, 0) is 32.1 Å². The molecule has 4 N–H and O–H groups in total. The van der Waals surface area contributed by atoms with Crippen molar-refractivity contribution in [1.29, 1.82) is 0 Å². The Morgan fingerprint density at radius 3 is 2.41 bits per heavy atom. The Hall–Kier alpha value is -1.10. The molecule has 0 aliphatic carbocycles. The molecule has 1 unspecified atom stereocenters. The van der Waals surface area contributed by atoms with E-state index < -0.39 is 0 Å². The van der Waals surface area contributed by atoms with Crippen molar-refractivity contribution in [3.63, 3.8) is 0 Å². The van der Waals surface area contributed by atoms with Crippen LogP contribution in [0.4, 0.5) is 0 Å². The third-order valence-corrected chi connectivity index (χ3v) is 3.27. The molecule has 0 aromatic carbocycles. The summed E-state index contributed by atoms with van der Waals surface area (Å²) < 4.78 is 0. The first-order chi connectivity index (χ1) is 7.99. The molecule has 98 valence electrons. The Balaban J connectivity index is 2.26. The third kappa shape index (κ3) is 5.17. The van der Waals surface area contributed by atoms with Gasteiger partial charge in [-0.3, -0.25) is 9.59 Å². The predicted octanol–water partition coefficient (Wildman–Crippen LogP) is 0.228. The van der Waals surface area contributed by atoms with Crippen molar-refractivity contribution in [3.05, 3.63) is 0 Å². The minimum Gasteiger partial charge on any atom is -0.370 e. The molecule has 5 nitrogen and oxygen atoms in total. The summed E-state index contributed by atoms with van der Waals surface area (Å²) in [5.74, 6) is 0.288. The fraction of sp³-hybridized carbons (Fsp3) is 0.833. The first kappa shape index (κ1) is 14.0. The van der Waals surface area contributed by atoms with Crippen molar-refractivity contribution in [1.82, 2.24) is 4.90 Å². The van der Waals surface area contributed by atoms with Gasteiger partial charge in [-0.2, -0.15) is 0 Å². The molecule has 1 atom stereocenters. The van der Waals surface area contributed by atoms with Gasteiger partial charge in [0.2, 0.25) is 11.8 Å². The molecule has 1 rings (SSSR count). The number of nitrogens with zero attached hydrogens (tertiary/aromatic N) is 1. The standard InChI is InChI=1S/C12H23N3O2/c1-9(13)2-3-12(17)15-6-4-10(5-7-15)8-11(14)16/h9-10H,2-8,13H2,1H3,(H2,14,16). The average Bonchev–Trinajstić information content (AvgIpc) is 2.26. The normalized spacial score (nSPS) is 19.1. The maximum atomic E-state index is 11.8. The van der Waals surface area contributed by atoms with Gasteiger partial charge in [0.1, 0.15) is 0 Å². The Bertz CT molecular complexity index is 271. The predicted molar refractivity (Wildman–Crippen MR) is 66.0 cm³/mol. The van der Waals surface area contributed by atoms with E-state index in [2.05, 4.69) is 0 Å². The second-order valence-corrected chi connectivity index (χ2v) is 5.01. The molecule has 1 heterocycles. The monoisotopic (exact) mass is 241 g/mol. The van der Waals surface area contributed by atoms with Gasteiger partial charge < -0.3 is 16.4 Å². The highest BCUT2D eigenvalue weighted by atomic mass is 16.2. The fourth-order valence-corrected chi connectivity index (χ4v) is 2.18. The molecule has 0 saturated carbocycles. The van der Waals surface area contributed by atoms with Crippen LogP contribution in [0.1, 0.15) is 39.0 Å². The van der Waals surface area contributed by atoms with Gasteiger partial charge in [-0.15, -0.1) is 0 Å². The maximum absolute atomic E-state index is 11.8. The highest BCUT2D eigenvalue weighted by molar-refractivity contribution is 5.76. The van der Waals surface area contributed by atoms with Crippen molar-refractivity contribution in [2.75, 3.05) is 13.1 Å². The Kier molecular flexibility index (Phi) is 5.41. The van der Waals surface area contributed by atoms with E-state index in [4.69, 9.17) is 11.5 Å². The highest BCUT2D eigenvalue weighted by Crippen LogP contribution is 2.20. The molecule has 0 aromatic heterocycles. The lowest BCUT2D eigenvalue weighted by Gasteiger charge is -2.31. The van der Waals surface area contributed by atoms with E-state index >= 15 is 0 Å². The molecule has 0 spiro atoms. The first-order valence-corrected chi connectivity index (χ1v) is 6.30. The summed E-state index contributed by atoms with van der Waals surface area (Å²) >= 11 is 0. The van der Waals surface area contributed by atoms with E-state index in [1.807, 2.05) is 11.8 Å². The number of hydrogen-bond donors (Lipinski definition) is 2. The van der Waals surface area contributed by atoms with E-state index in [0.717, 1.165) is 32.4 Å². The molecule has 5 heteroatoms. The number of primary amides is 1. The summed E-state index contributed by atoms with van der Waals surface area (Å²) in [6, 6.07) is 0.0753. The minimum absolute atomic E-state index is 0.0753. The van der Waals surface area contributed by atoms with Crippen molar-refractivity contribution < 1.29 is 9.59 Å². The van der Waals surface area contributed by atoms with Crippen molar-refractivity contribution in [2.24, 2.45) is 17.4 Å². The first-order valence-electron chi connectivity index (χ1n) is 6.30. The number of nitrogens with two attached hydrogens (primary N) is 2. The largest absolute Gasteiger partial charge is 0.370 e. The second-order valence-electron chi connectivity index (χ2n) is 5.01. The van der Waals surface area contributed by atoms with Crippen LogP contribution in [0.15, 0.2) is 0 Å². The molecule has 0 aromatic rings. The molecule has 1 aliphatic rings. The molecule has 1 aliphatic heterocycles. The van der Waals surface area contributed by atoms with Crippen LogP contribution in [0.3, 0.4) is 0 Å². The summed E-state index contributed by atoms with van der Waals surface area (Å²) in [5, 5.41) is 0. The summed E-state index contributed by atoms with van der Waals surface area (Å²) in [5.41, 5.74) is 10.8. The van der Waals surface area contributed by atoms with Gasteiger partial charge >= 0.3 is 0 Å². The smallest absolute Gasteiger partial charge is 0.222 e. The van der Waals surface area contributed by atoms with Crippen molar-refractivity contribution in [2.45, 2.75) is 45.1 Å². The molecule has 0 bridgehead atoms. The number of carbonyl (C=O) groups excluding carboxylic acids is 2. The van der Waals surface area contributed by atoms with Gasteiger partial charge in [0.15, 0.2) is 0 Å². The molecular formula is C12H23N3O2. The second kappa shape index (κ2) is 6.59. The molecular weight excluding hydrogens is 218 g/mol. The van der Waals surface area contributed by atoms with E-state index in [-0.39, 0.29) is 17.9 Å². The van der Waals surface area contributed by atoms with Crippen LogP contribution in [0, 0.1) is 5.92 Å². The van der Waals surface area contributed by atoms with Gasteiger partial charge in [0.05, 0.1) is 0 Å². The highest BCUT2D eigenvalue weighted by Gasteiger charge is 2.23. The van der Waals surface area contributed by atoms with E-state index in [1.54, 1.807) is 0 Å². The quantitative estimate of drug-likeness (QED) is 0.722. The molecule has 0 radical (unpaired) electrons. The topological polar surface area (TPSA) is 89.4 Å². The zero-order valence-electron chi connectivity index (χ0n) is 10.5. The van der Waals surface area contributed by atoms with Crippen LogP contribution < -0.4 is 11.5 Å². The zero-order valence-corrected chi connectivity index (χ0v) is 10.5. The van der Waals surface area contributed by atoms with Crippen LogP contribution in [0.2, 0.25) is 0 Å². The van der Waals surface area contributed by atoms with Crippen LogP contribution in [0.5, 0.6) is 0 Å². The lowest BCUT2D eigenvalue weighted by molar-refractivity contribution is -0.132. The van der Waals surface area contributed by atoms with Gasteiger partial charge in [-0.25, -0.2) is 0 Å². The molecule has 2 amide bonds. The summed E-state index contributed by atoms with van der Waals surface area (Å²) in [4.78, 5) is 24.5. The van der Waals surface area contributed by atoms with Crippen LogP contribution in [-0.2, 0) is 9.59 Å². The molecule has 17 heavy (non-hydrogen) atoms. The van der Waals surface area contributed by atoms with Gasteiger partial charge in [0.25, 0.3) is 0 Å². The molecule has 1 saturated heterocycles. The number of rotatable bonds is 5. The number of hydrogen-bond acceptors (Lipinski definition) is 3. The Morgan fingerprint density at radius 2 is 1.94 bits per heavy atom. The SMILES string of the molecule is CC(N)CCC(=O)N1CCC(CC(N)=O)CC1. The summed E-state index contributed by atoms with van der Waals surface area (Å²) in [6.45, 7) is 3.40. The van der Waals surface area contributed by atoms with E-state index in [0.29, 0.717) is 18.8 Å². The Labute approximate surface area is 103 Å². The minimum atomic E-state index is -0.244. The maximum Gasteiger partial charge on any atom is 0.222 e. The van der Waals surface area contributed by atoms with Crippen molar-refractivity contribution >= 4 is 11.8 Å². The van der Waals surface area contributed by atoms with Gasteiger partial charge in [-0.1, -0.05) is 0 Å². The van der Waals surface area contributed by atoms with Crippen molar-refractivity contribution in [3.8, 4) is 0 Å². The average molecular weight is 241 g/mol. The third-order valence-electron chi connectivity index (χ3n) is 3.27. The van der Waals surface area contributed by atoms with Crippen LogP contribution in [0.25, 0.3) is 0 Å². The van der Waals surface area contributed by atoms with Gasteiger partial charge in [0, 0.05) is 32.0 Å². The van der Waals surface area contributed by atoms with Crippen LogP contribution >= 0.6 is 0 Å². The number of carbonyl (C=O) groups is 2. The van der Waals surface area contributed by atoms with Crippen LogP contribution in [-0.4, -0.2) is 35.8 Å².